The van der Waals surface area contributed by atoms with Crippen molar-refractivity contribution in [1.82, 2.24) is 19.5 Å². The SMILES string of the molecule is c1ccc(-c2nc(-c3ccccc3)nc(-c3ccc4c(c3)-c3cccc5c(-n6c7ccccc7c7cc8ccccc8cc76)ccc(c35)N4c3ccccc3)n2)cc1. The van der Waals surface area contributed by atoms with E-state index in [9.17, 15) is 0 Å². The molecule has 0 aliphatic carbocycles. The van der Waals surface area contributed by atoms with E-state index in [1.807, 2.05) is 60.7 Å². The monoisotopic (exact) mass is 739 g/mol. The van der Waals surface area contributed by atoms with E-state index in [-0.39, 0.29) is 0 Å². The standard InChI is InChI=1S/C53H33N5/c1-4-15-34(16-5-1)51-54-52(35-17-6-2-7-18-35)56-53(55-51)38-27-28-47-44(32-38)41-24-14-25-42-46(29-30-48(50(41)42)57(47)39-21-8-3-9-22-39)58-45-26-13-12-23-40(45)43-31-36-19-10-11-20-37(36)33-49(43)58/h1-33H. The minimum absolute atomic E-state index is 0.631. The molecule has 0 N–H and O–H groups in total. The van der Waals surface area contributed by atoms with E-state index in [2.05, 4.69) is 149 Å². The molecule has 58 heavy (non-hydrogen) atoms. The highest BCUT2D eigenvalue weighted by Gasteiger charge is 2.28. The lowest BCUT2D eigenvalue weighted by atomic mass is 9.89. The highest BCUT2D eigenvalue weighted by Crippen LogP contribution is 2.53. The van der Waals surface area contributed by atoms with Gasteiger partial charge in [-0.2, -0.15) is 0 Å². The first-order valence-electron chi connectivity index (χ1n) is 19.6. The predicted octanol–water partition coefficient (Wildman–Crippen LogP) is 13.7. The topological polar surface area (TPSA) is 46.8 Å². The van der Waals surface area contributed by atoms with Crippen LogP contribution < -0.4 is 4.90 Å². The van der Waals surface area contributed by atoms with Crippen LogP contribution >= 0.6 is 0 Å². The summed E-state index contributed by atoms with van der Waals surface area (Å²) < 4.78 is 2.46. The van der Waals surface area contributed by atoms with E-state index in [1.54, 1.807) is 0 Å². The Labute approximate surface area is 334 Å². The lowest BCUT2D eigenvalue weighted by molar-refractivity contribution is 1.07. The molecule has 0 bridgehead atoms. The Morgan fingerprint density at radius 2 is 0.897 bits per heavy atom. The quantitative estimate of drug-likeness (QED) is 0.176. The minimum Gasteiger partial charge on any atom is -0.309 e. The second kappa shape index (κ2) is 12.8. The van der Waals surface area contributed by atoms with Crippen LogP contribution in [0.5, 0.6) is 0 Å². The molecule has 1 aliphatic rings. The zero-order chi connectivity index (χ0) is 38.2. The maximum Gasteiger partial charge on any atom is 0.164 e. The van der Waals surface area contributed by atoms with Gasteiger partial charge in [0.15, 0.2) is 17.5 Å². The van der Waals surface area contributed by atoms with Crippen LogP contribution in [0.15, 0.2) is 200 Å². The van der Waals surface area contributed by atoms with Gasteiger partial charge in [-0.25, -0.2) is 15.0 Å². The summed E-state index contributed by atoms with van der Waals surface area (Å²) >= 11 is 0. The Kier molecular flexibility index (Phi) is 7.16. The molecule has 5 nitrogen and oxygen atoms in total. The van der Waals surface area contributed by atoms with Crippen LogP contribution in [-0.4, -0.2) is 19.5 Å². The molecule has 2 aromatic heterocycles. The maximum atomic E-state index is 5.11. The van der Waals surface area contributed by atoms with Crippen molar-refractivity contribution < 1.29 is 0 Å². The summed E-state index contributed by atoms with van der Waals surface area (Å²) in [5.41, 5.74) is 12.0. The molecule has 0 saturated heterocycles. The van der Waals surface area contributed by atoms with Gasteiger partial charge < -0.3 is 9.47 Å². The van der Waals surface area contributed by atoms with Gasteiger partial charge in [0, 0.05) is 49.5 Å². The number of rotatable bonds is 5. The van der Waals surface area contributed by atoms with Crippen LogP contribution in [0, 0.1) is 0 Å². The van der Waals surface area contributed by atoms with Crippen LogP contribution in [0.1, 0.15) is 0 Å². The van der Waals surface area contributed by atoms with Gasteiger partial charge in [-0.05, 0) is 77.0 Å². The van der Waals surface area contributed by atoms with Gasteiger partial charge in [-0.3, -0.25) is 0 Å². The molecular formula is C53H33N5. The van der Waals surface area contributed by atoms with Crippen molar-refractivity contribution in [3.8, 4) is 51.0 Å². The van der Waals surface area contributed by atoms with Crippen LogP contribution in [0.4, 0.5) is 17.1 Å². The number of fused-ring (bicyclic) bond motifs is 6. The minimum atomic E-state index is 0.631. The molecule has 9 aromatic carbocycles. The summed E-state index contributed by atoms with van der Waals surface area (Å²) in [4.78, 5) is 17.6. The Morgan fingerprint density at radius 3 is 1.62 bits per heavy atom. The van der Waals surface area contributed by atoms with E-state index in [0.29, 0.717) is 17.5 Å². The highest BCUT2D eigenvalue weighted by molar-refractivity contribution is 6.19. The summed E-state index contributed by atoms with van der Waals surface area (Å²) in [6.45, 7) is 0. The highest BCUT2D eigenvalue weighted by atomic mass is 15.2. The first kappa shape index (κ1) is 32.4. The molecule has 0 atom stereocenters. The summed E-state index contributed by atoms with van der Waals surface area (Å²) in [7, 11) is 0. The van der Waals surface area contributed by atoms with Gasteiger partial charge in [-0.15, -0.1) is 0 Å². The molecule has 5 heteroatoms. The van der Waals surface area contributed by atoms with Crippen LogP contribution in [0.2, 0.25) is 0 Å². The summed E-state index contributed by atoms with van der Waals surface area (Å²) in [5.74, 6) is 1.92. The smallest absolute Gasteiger partial charge is 0.164 e. The van der Waals surface area contributed by atoms with E-state index < -0.39 is 0 Å². The van der Waals surface area contributed by atoms with Gasteiger partial charge in [0.1, 0.15) is 0 Å². The molecule has 1 aliphatic heterocycles. The molecule has 3 heterocycles. The van der Waals surface area contributed by atoms with E-state index in [0.717, 1.165) is 45.0 Å². The van der Waals surface area contributed by atoms with Gasteiger partial charge in [-0.1, -0.05) is 140 Å². The van der Waals surface area contributed by atoms with Crippen molar-refractivity contribution in [3.05, 3.63) is 200 Å². The lowest BCUT2D eigenvalue weighted by Gasteiger charge is -2.34. The Morgan fingerprint density at radius 1 is 0.328 bits per heavy atom. The fourth-order valence-electron chi connectivity index (χ4n) is 8.90. The third-order valence-electron chi connectivity index (χ3n) is 11.5. The molecular weight excluding hydrogens is 707 g/mol. The van der Waals surface area contributed by atoms with Crippen LogP contribution in [0.3, 0.4) is 0 Å². The van der Waals surface area contributed by atoms with Gasteiger partial charge in [0.25, 0.3) is 0 Å². The van der Waals surface area contributed by atoms with Gasteiger partial charge in [0.05, 0.1) is 28.1 Å². The van der Waals surface area contributed by atoms with Crippen molar-refractivity contribution in [1.29, 1.82) is 0 Å². The van der Waals surface area contributed by atoms with E-state index >= 15 is 0 Å². The zero-order valence-corrected chi connectivity index (χ0v) is 31.3. The van der Waals surface area contributed by atoms with Crippen LogP contribution in [-0.2, 0) is 0 Å². The van der Waals surface area contributed by atoms with E-state index in [1.165, 1.54) is 48.9 Å². The normalized spacial score (nSPS) is 12.1. The number of nitrogens with zero attached hydrogens (tertiary/aromatic N) is 5. The second-order valence-corrected chi connectivity index (χ2v) is 14.8. The fourth-order valence-corrected chi connectivity index (χ4v) is 8.90. The maximum absolute atomic E-state index is 5.11. The number of hydrogen-bond donors (Lipinski definition) is 0. The Bertz CT molecular complexity index is 3330. The number of aromatic nitrogens is 4. The van der Waals surface area contributed by atoms with Gasteiger partial charge >= 0.3 is 0 Å². The number of benzene rings is 9. The van der Waals surface area contributed by atoms with Crippen molar-refractivity contribution in [2.75, 3.05) is 4.90 Å². The Balaban J connectivity index is 1.12. The van der Waals surface area contributed by atoms with Crippen molar-refractivity contribution in [2.45, 2.75) is 0 Å². The first-order valence-corrected chi connectivity index (χ1v) is 19.6. The molecule has 0 radical (unpaired) electrons. The molecule has 12 rings (SSSR count). The number of para-hydroxylation sites is 2. The molecule has 0 amide bonds. The summed E-state index contributed by atoms with van der Waals surface area (Å²) in [5, 5.41) is 7.34. The zero-order valence-electron chi connectivity index (χ0n) is 31.3. The molecule has 0 spiro atoms. The third-order valence-corrected chi connectivity index (χ3v) is 11.5. The first-order chi connectivity index (χ1) is 28.8. The predicted molar refractivity (Wildman–Crippen MR) is 239 cm³/mol. The molecule has 0 fully saturated rings. The number of anilines is 3. The molecule has 0 saturated carbocycles. The van der Waals surface area contributed by atoms with Crippen molar-refractivity contribution in [3.63, 3.8) is 0 Å². The van der Waals surface area contributed by atoms with Crippen molar-refractivity contribution >= 4 is 60.4 Å². The van der Waals surface area contributed by atoms with Gasteiger partial charge in [0.2, 0.25) is 0 Å². The van der Waals surface area contributed by atoms with E-state index in [4.69, 9.17) is 15.0 Å². The molecule has 270 valence electrons. The average Bonchev–Trinajstić information content (AvgIpc) is 3.61. The fraction of sp³-hybridized carbons (Fsp3) is 0. The van der Waals surface area contributed by atoms with Crippen LogP contribution in [0.25, 0.3) is 94.3 Å². The molecule has 0 unspecified atom stereocenters. The molecule has 11 aromatic rings. The number of hydrogen-bond acceptors (Lipinski definition) is 4. The lowest BCUT2D eigenvalue weighted by Crippen LogP contribution is -2.15. The summed E-state index contributed by atoms with van der Waals surface area (Å²) in [6, 6.07) is 71.1. The third kappa shape index (κ3) is 5.00. The van der Waals surface area contributed by atoms with Crippen molar-refractivity contribution in [2.24, 2.45) is 0 Å². The second-order valence-electron chi connectivity index (χ2n) is 14.8. The summed E-state index contributed by atoms with van der Waals surface area (Å²) in [6.07, 6.45) is 0. The average molecular weight is 740 g/mol. The Hall–Kier alpha value is -7.89. The largest absolute Gasteiger partial charge is 0.309 e.